The molecule has 1 aliphatic rings. The van der Waals surface area contributed by atoms with E-state index in [0.717, 1.165) is 58.8 Å². The number of morpholine rings is 1. The molecular formula is C25H23NO3S. The smallest absolute Gasteiger partial charge is 0.199 e. The van der Waals surface area contributed by atoms with Crippen molar-refractivity contribution in [3.05, 3.63) is 76.5 Å². The molecule has 0 N–H and O–H groups in total. The fourth-order valence-electron chi connectivity index (χ4n) is 4.04. The van der Waals surface area contributed by atoms with E-state index in [1.165, 1.54) is 5.56 Å². The number of fused-ring (bicyclic) bond motifs is 2. The van der Waals surface area contributed by atoms with Crippen molar-refractivity contribution in [3.63, 3.8) is 0 Å². The van der Waals surface area contributed by atoms with Crippen LogP contribution in [0.2, 0.25) is 0 Å². The number of ether oxygens (including phenoxy) is 2. The molecule has 4 nitrogen and oxygen atoms in total. The van der Waals surface area contributed by atoms with E-state index in [9.17, 15) is 4.79 Å². The van der Waals surface area contributed by atoms with Gasteiger partial charge < -0.3 is 9.47 Å². The van der Waals surface area contributed by atoms with Gasteiger partial charge in [-0.2, -0.15) is 0 Å². The van der Waals surface area contributed by atoms with Crippen LogP contribution >= 0.6 is 11.3 Å². The predicted octanol–water partition coefficient (Wildman–Crippen LogP) is 4.92. The molecule has 4 aromatic rings. The van der Waals surface area contributed by atoms with E-state index >= 15 is 0 Å². The van der Waals surface area contributed by atoms with Crippen molar-refractivity contribution in [2.24, 2.45) is 0 Å². The lowest BCUT2D eigenvalue weighted by Gasteiger charge is -2.26. The molecule has 0 spiro atoms. The van der Waals surface area contributed by atoms with Crippen LogP contribution in [0, 0.1) is 0 Å². The van der Waals surface area contributed by atoms with Crippen LogP contribution in [0.15, 0.2) is 65.5 Å². The molecule has 0 saturated carbocycles. The van der Waals surface area contributed by atoms with Gasteiger partial charge in [-0.05, 0) is 41.0 Å². The largest absolute Gasteiger partial charge is 0.496 e. The minimum Gasteiger partial charge on any atom is -0.496 e. The molecule has 1 aromatic heterocycles. The van der Waals surface area contributed by atoms with Gasteiger partial charge in [0.2, 0.25) is 0 Å². The highest BCUT2D eigenvalue weighted by atomic mass is 32.1. The summed E-state index contributed by atoms with van der Waals surface area (Å²) in [6.07, 6.45) is 0. The summed E-state index contributed by atoms with van der Waals surface area (Å²) in [5.41, 5.74) is 3.50. The zero-order valence-corrected chi connectivity index (χ0v) is 17.7. The molecule has 1 aliphatic heterocycles. The van der Waals surface area contributed by atoms with Crippen molar-refractivity contribution < 1.29 is 9.47 Å². The lowest BCUT2D eigenvalue weighted by Crippen LogP contribution is -2.35. The fraction of sp³-hybridized carbons (Fsp3) is 0.240. The lowest BCUT2D eigenvalue weighted by molar-refractivity contribution is 0.0342. The van der Waals surface area contributed by atoms with Crippen LogP contribution < -0.4 is 10.2 Å². The molecule has 152 valence electrons. The highest BCUT2D eigenvalue weighted by molar-refractivity contribution is 7.24. The van der Waals surface area contributed by atoms with E-state index < -0.39 is 0 Å². The SMILES string of the molecule is COc1cccc2sc3ccc(-c4ccc(CN5CCOCC5)cc4)cc3c(=O)c12. The van der Waals surface area contributed by atoms with E-state index in [1.54, 1.807) is 18.4 Å². The van der Waals surface area contributed by atoms with Crippen molar-refractivity contribution in [3.8, 4) is 16.9 Å². The molecule has 1 fully saturated rings. The Hall–Kier alpha value is -2.73. The Labute approximate surface area is 179 Å². The zero-order chi connectivity index (χ0) is 20.5. The van der Waals surface area contributed by atoms with Gasteiger partial charge in [0, 0.05) is 34.4 Å². The van der Waals surface area contributed by atoms with Crippen LogP contribution in [0.1, 0.15) is 5.56 Å². The third-order valence-corrected chi connectivity index (χ3v) is 6.81. The van der Waals surface area contributed by atoms with Crippen molar-refractivity contribution >= 4 is 31.5 Å². The minimum absolute atomic E-state index is 0.0296. The third kappa shape index (κ3) is 3.60. The van der Waals surface area contributed by atoms with E-state index in [1.807, 2.05) is 24.3 Å². The van der Waals surface area contributed by atoms with Gasteiger partial charge in [0.1, 0.15) is 5.75 Å². The summed E-state index contributed by atoms with van der Waals surface area (Å²) in [6, 6.07) is 20.6. The average Bonchev–Trinajstić information content (AvgIpc) is 2.80. The maximum atomic E-state index is 13.2. The molecule has 5 heteroatoms. The van der Waals surface area contributed by atoms with Gasteiger partial charge in [0.15, 0.2) is 5.43 Å². The normalized spacial score (nSPS) is 15.0. The van der Waals surface area contributed by atoms with Crippen molar-refractivity contribution in [1.82, 2.24) is 4.90 Å². The van der Waals surface area contributed by atoms with E-state index in [0.29, 0.717) is 11.1 Å². The number of methoxy groups -OCH3 is 1. The van der Waals surface area contributed by atoms with Crippen LogP contribution in [-0.4, -0.2) is 38.3 Å². The number of nitrogens with zero attached hydrogens (tertiary/aromatic N) is 1. The molecule has 0 atom stereocenters. The van der Waals surface area contributed by atoms with Crippen molar-refractivity contribution in [2.75, 3.05) is 33.4 Å². The third-order valence-electron chi connectivity index (χ3n) is 5.68. The second-order valence-electron chi connectivity index (χ2n) is 7.56. The molecule has 0 bridgehead atoms. The molecule has 0 amide bonds. The Morgan fingerprint density at radius 2 is 1.73 bits per heavy atom. The van der Waals surface area contributed by atoms with E-state index in [2.05, 4.69) is 41.3 Å². The van der Waals surface area contributed by atoms with Gasteiger partial charge in [-0.1, -0.05) is 36.4 Å². The average molecular weight is 418 g/mol. The summed E-state index contributed by atoms with van der Waals surface area (Å²) in [7, 11) is 1.61. The molecule has 5 rings (SSSR count). The van der Waals surface area contributed by atoms with Crippen molar-refractivity contribution in [1.29, 1.82) is 0 Å². The number of hydrogen-bond acceptors (Lipinski definition) is 5. The van der Waals surface area contributed by atoms with Gasteiger partial charge >= 0.3 is 0 Å². The Kier molecular flexibility index (Phi) is 5.25. The van der Waals surface area contributed by atoms with Crippen LogP contribution in [0.5, 0.6) is 5.75 Å². The van der Waals surface area contributed by atoms with E-state index in [4.69, 9.17) is 9.47 Å². The first-order valence-electron chi connectivity index (χ1n) is 10.2. The van der Waals surface area contributed by atoms with Gasteiger partial charge in [0.25, 0.3) is 0 Å². The highest BCUT2D eigenvalue weighted by Crippen LogP contribution is 2.32. The molecule has 3 aromatic carbocycles. The maximum Gasteiger partial charge on any atom is 0.199 e. The summed E-state index contributed by atoms with van der Waals surface area (Å²) < 4.78 is 12.8. The summed E-state index contributed by atoms with van der Waals surface area (Å²) in [5, 5.41) is 1.41. The first kappa shape index (κ1) is 19.2. The summed E-state index contributed by atoms with van der Waals surface area (Å²) in [6.45, 7) is 4.54. The molecule has 0 unspecified atom stereocenters. The Balaban J connectivity index is 1.50. The fourth-order valence-corrected chi connectivity index (χ4v) is 5.12. The van der Waals surface area contributed by atoms with Gasteiger partial charge in [-0.15, -0.1) is 11.3 Å². The standard InChI is InChI=1S/C25H23NO3S/c1-28-21-3-2-4-23-24(21)25(27)20-15-19(9-10-22(20)30-23)18-7-5-17(6-8-18)16-26-11-13-29-14-12-26/h2-10,15H,11-14,16H2,1H3. The minimum atomic E-state index is 0.0296. The second-order valence-corrected chi connectivity index (χ2v) is 8.64. The molecule has 0 aliphatic carbocycles. The Morgan fingerprint density at radius 3 is 2.50 bits per heavy atom. The summed E-state index contributed by atoms with van der Waals surface area (Å²) in [5.74, 6) is 0.633. The van der Waals surface area contributed by atoms with E-state index in [-0.39, 0.29) is 5.43 Å². The number of hydrogen-bond donors (Lipinski definition) is 0. The van der Waals surface area contributed by atoms with Gasteiger partial charge in [-0.3, -0.25) is 9.69 Å². The van der Waals surface area contributed by atoms with Crippen LogP contribution in [0.25, 0.3) is 31.3 Å². The van der Waals surface area contributed by atoms with Crippen molar-refractivity contribution in [2.45, 2.75) is 6.54 Å². The number of benzene rings is 3. The molecule has 30 heavy (non-hydrogen) atoms. The molecule has 2 heterocycles. The van der Waals surface area contributed by atoms with Crippen LogP contribution in [-0.2, 0) is 11.3 Å². The summed E-state index contributed by atoms with van der Waals surface area (Å²) >= 11 is 1.62. The maximum absolute atomic E-state index is 13.2. The van der Waals surface area contributed by atoms with Crippen LogP contribution in [0.4, 0.5) is 0 Å². The topological polar surface area (TPSA) is 38.8 Å². The zero-order valence-electron chi connectivity index (χ0n) is 16.9. The molecular weight excluding hydrogens is 394 g/mol. The Bertz CT molecular complexity index is 1260. The summed E-state index contributed by atoms with van der Waals surface area (Å²) in [4.78, 5) is 15.7. The first-order valence-corrected chi connectivity index (χ1v) is 11.0. The predicted molar refractivity (Wildman–Crippen MR) is 124 cm³/mol. The first-order chi connectivity index (χ1) is 14.7. The quantitative estimate of drug-likeness (QED) is 0.442. The highest BCUT2D eigenvalue weighted by Gasteiger charge is 2.13. The molecule has 0 radical (unpaired) electrons. The molecule has 1 saturated heterocycles. The van der Waals surface area contributed by atoms with Gasteiger partial charge in [0.05, 0.1) is 25.7 Å². The van der Waals surface area contributed by atoms with Gasteiger partial charge in [-0.25, -0.2) is 0 Å². The lowest BCUT2D eigenvalue weighted by atomic mass is 10.0. The number of rotatable bonds is 4. The monoisotopic (exact) mass is 417 g/mol. The second kappa shape index (κ2) is 8.19. The Morgan fingerprint density at radius 1 is 0.967 bits per heavy atom. The van der Waals surface area contributed by atoms with Crippen LogP contribution in [0.3, 0.4) is 0 Å².